The molecule has 0 aliphatic heterocycles. The van der Waals surface area contributed by atoms with E-state index in [1.807, 2.05) is 37.4 Å². The minimum atomic E-state index is -0.287. The molecule has 140 valence electrons. The van der Waals surface area contributed by atoms with Gasteiger partial charge in [0.2, 0.25) is 0 Å². The molecule has 0 fully saturated rings. The van der Waals surface area contributed by atoms with Gasteiger partial charge in [-0.05, 0) is 66.4 Å². The topological polar surface area (TPSA) is 53.8 Å². The lowest BCUT2D eigenvalue weighted by Gasteiger charge is -2.02. The van der Waals surface area contributed by atoms with Crippen LogP contribution in [0.15, 0.2) is 76.8 Å². The normalized spacial score (nSPS) is 11.2. The van der Waals surface area contributed by atoms with E-state index in [9.17, 15) is 4.79 Å². The van der Waals surface area contributed by atoms with Gasteiger partial charge in [0.25, 0.3) is 5.91 Å². The highest BCUT2D eigenvalue weighted by molar-refractivity contribution is 6.30. The van der Waals surface area contributed by atoms with Crippen LogP contribution in [0.4, 0.5) is 5.69 Å². The maximum atomic E-state index is 12.0. The fraction of sp³-hybridized carbons (Fsp3) is 0.0870. The maximum absolute atomic E-state index is 12.0. The first-order valence-electron chi connectivity index (χ1n) is 8.81. The monoisotopic (exact) mass is 389 g/mol. The molecule has 5 heteroatoms. The van der Waals surface area contributed by atoms with Crippen molar-refractivity contribution in [1.29, 1.82) is 0 Å². The molecule has 1 amide bonds. The first kappa shape index (κ1) is 19.5. The summed E-state index contributed by atoms with van der Waals surface area (Å²) in [6, 6.07) is 20.6. The lowest BCUT2D eigenvalue weighted by Crippen LogP contribution is -2.17. The van der Waals surface area contributed by atoms with E-state index >= 15 is 0 Å². The van der Waals surface area contributed by atoms with Gasteiger partial charge < -0.3 is 0 Å². The molecule has 0 aromatic heterocycles. The Labute approximate surface area is 169 Å². The Balaban J connectivity index is 1.60. The van der Waals surface area contributed by atoms with Gasteiger partial charge in [-0.15, -0.1) is 0 Å². The third kappa shape index (κ3) is 5.38. The summed E-state index contributed by atoms with van der Waals surface area (Å²) >= 11 is 5.81. The van der Waals surface area contributed by atoms with Crippen molar-refractivity contribution in [1.82, 2.24) is 5.43 Å². The fourth-order valence-corrected chi connectivity index (χ4v) is 2.63. The second-order valence-electron chi connectivity index (χ2n) is 6.42. The van der Waals surface area contributed by atoms with Crippen LogP contribution in [0.25, 0.3) is 0 Å². The first-order valence-corrected chi connectivity index (χ1v) is 9.19. The van der Waals surface area contributed by atoms with Gasteiger partial charge in [-0.2, -0.15) is 5.10 Å². The average molecular weight is 390 g/mol. The van der Waals surface area contributed by atoms with Crippen LogP contribution in [-0.2, 0) is 0 Å². The number of rotatable bonds is 5. The summed E-state index contributed by atoms with van der Waals surface area (Å²) in [6.07, 6.45) is 3.43. The highest BCUT2D eigenvalue weighted by Crippen LogP contribution is 2.19. The van der Waals surface area contributed by atoms with Crippen molar-refractivity contribution in [3.05, 3.63) is 99.6 Å². The molecule has 28 heavy (non-hydrogen) atoms. The molecule has 3 rings (SSSR count). The highest BCUT2D eigenvalue weighted by Gasteiger charge is 2.03. The van der Waals surface area contributed by atoms with Crippen LogP contribution in [0.3, 0.4) is 0 Å². The van der Waals surface area contributed by atoms with E-state index in [2.05, 4.69) is 40.6 Å². The summed E-state index contributed by atoms with van der Waals surface area (Å²) in [5.74, 6) is -0.287. The number of carbonyl (C=O) groups excluding carboxylic acids is 1. The molecule has 3 aromatic carbocycles. The van der Waals surface area contributed by atoms with Gasteiger partial charge in [0, 0.05) is 16.8 Å². The fourth-order valence-electron chi connectivity index (χ4n) is 2.50. The van der Waals surface area contributed by atoms with E-state index in [1.54, 1.807) is 30.5 Å². The molecule has 0 radical (unpaired) electrons. The van der Waals surface area contributed by atoms with Crippen LogP contribution in [0.1, 0.15) is 32.6 Å². The first-order chi connectivity index (χ1) is 13.5. The Kier molecular flexibility index (Phi) is 6.35. The van der Waals surface area contributed by atoms with Crippen LogP contribution in [0.2, 0.25) is 5.02 Å². The molecule has 0 saturated carbocycles. The number of hydrogen-bond donors (Lipinski definition) is 1. The minimum Gasteiger partial charge on any atom is -0.267 e. The quantitative estimate of drug-likeness (QED) is 0.456. The van der Waals surface area contributed by atoms with Gasteiger partial charge in [-0.3, -0.25) is 9.79 Å². The number of aryl methyl sites for hydroxylation is 2. The summed E-state index contributed by atoms with van der Waals surface area (Å²) < 4.78 is 0. The SMILES string of the molecule is Cc1ccc(C)c(N=Cc2ccc(C=NNC(=O)c3ccc(Cl)cc3)cc2)c1. The predicted molar refractivity (Wildman–Crippen MR) is 116 cm³/mol. The van der Waals surface area contributed by atoms with Crippen molar-refractivity contribution in [3.8, 4) is 0 Å². The molecule has 0 aliphatic carbocycles. The molecule has 0 bridgehead atoms. The molecule has 1 N–H and O–H groups in total. The average Bonchev–Trinajstić information content (AvgIpc) is 2.70. The predicted octanol–water partition coefficient (Wildman–Crippen LogP) is 5.47. The zero-order valence-corrected chi connectivity index (χ0v) is 16.4. The third-order valence-corrected chi connectivity index (χ3v) is 4.39. The number of nitrogens with one attached hydrogen (secondary N) is 1. The van der Waals surface area contributed by atoms with Gasteiger partial charge >= 0.3 is 0 Å². The summed E-state index contributed by atoms with van der Waals surface area (Å²) in [7, 11) is 0. The maximum Gasteiger partial charge on any atom is 0.271 e. The third-order valence-electron chi connectivity index (χ3n) is 4.14. The van der Waals surface area contributed by atoms with E-state index in [1.165, 1.54) is 5.56 Å². The Morgan fingerprint density at radius 3 is 2.21 bits per heavy atom. The Morgan fingerprint density at radius 1 is 0.893 bits per heavy atom. The zero-order valence-electron chi connectivity index (χ0n) is 15.7. The molecule has 0 unspecified atom stereocenters. The van der Waals surface area contributed by atoms with Crippen LogP contribution in [0.5, 0.6) is 0 Å². The highest BCUT2D eigenvalue weighted by atomic mass is 35.5. The number of hydrogen-bond acceptors (Lipinski definition) is 3. The summed E-state index contributed by atoms with van der Waals surface area (Å²) in [5, 5.41) is 4.58. The minimum absolute atomic E-state index is 0.287. The van der Waals surface area contributed by atoms with Crippen molar-refractivity contribution in [2.24, 2.45) is 10.1 Å². The zero-order chi connectivity index (χ0) is 19.9. The lowest BCUT2D eigenvalue weighted by molar-refractivity contribution is 0.0955. The van der Waals surface area contributed by atoms with Crippen LogP contribution >= 0.6 is 11.6 Å². The van der Waals surface area contributed by atoms with E-state index < -0.39 is 0 Å². The van der Waals surface area contributed by atoms with Gasteiger partial charge in [0.1, 0.15) is 0 Å². The number of nitrogens with zero attached hydrogens (tertiary/aromatic N) is 2. The smallest absolute Gasteiger partial charge is 0.267 e. The Bertz CT molecular complexity index is 1020. The van der Waals surface area contributed by atoms with Crippen LogP contribution in [0, 0.1) is 13.8 Å². The van der Waals surface area contributed by atoms with E-state index in [0.29, 0.717) is 10.6 Å². The van der Waals surface area contributed by atoms with Crippen molar-refractivity contribution in [2.75, 3.05) is 0 Å². The largest absolute Gasteiger partial charge is 0.271 e. The Morgan fingerprint density at radius 2 is 1.54 bits per heavy atom. The van der Waals surface area contributed by atoms with Gasteiger partial charge in [0.05, 0.1) is 11.9 Å². The molecule has 0 spiro atoms. The molecular weight excluding hydrogens is 370 g/mol. The second-order valence-corrected chi connectivity index (χ2v) is 6.86. The van der Waals surface area contributed by atoms with Gasteiger partial charge in [0.15, 0.2) is 0 Å². The molecular formula is C23H20ClN3O. The summed E-state index contributed by atoms with van der Waals surface area (Å²) in [4.78, 5) is 16.6. The number of amides is 1. The van der Waals surface area contributed by atoms with E-state index in [0.717, 1.165) is 22.4 Å². The van der Waals surface area contributed by atoms with Gasteiger partial charge in [-0.25, -0.2) is 5.43 Å². The summed E-state index contributed by atoms with van der Waals surface area (Å²) in [6.45, 7) is 4.10. The van der Waals surface area contributed by atoms with Crippen molar-refractivity contribution in [2.45, 2.75) is 13.8 Å². The standard InChI is InChI=1S/C23H20ClN3O/c1-16-3-4-17(2)22(13-16)25-14-18-5-7-19(8-6-18)15-26-27-23(28)20-9-11-21(24)12-10-20/h3-15H,1-2H3,(H,27,28). The molecule has 0 heterocycles. The van der Waals surface area contributed by atoms with Gasteiger partial charge in [-0.1, -0.05) is 48.0 Å². The van der Waals surface area contributed by atoms with Crippen molar-refractivity contribution >= 4 is 35.6 Å². The van der Waals surface area contributed by atoms with Crippen molar-refractivity contribution in [3.63, 3.8) is 0 Å². The number of aliphatic imine (C=N–C) groups is 1. The molecule has 3 aromatic rings. The molecule has 4 nitrogen and oxygen atoms in total. The lowest BCUT2D eigenvalue weighted by atomic mass is 10.1. The summed E-state index contributed by atoms with van der Waals surface area (Å²) in [5.41, 5.74) is 8.16. The Hall–Kier alpha value is -3.24. The molecule has 0 atom stereocenters. The van der Waals surface area contributed by atoms with Crippen molar-refractivity contribution < 1.29 is 4.79 Å². The van der Waals surface area contributed by atoms with Crippen LogP contribution in [-0.4, -0.2) is 18.3 Å². The van der Waals surface area contributed by atoms with E-state index in [-0.39, 0.29) is 5.91 Å². The number of carbonyl (C=O) groups is 1. The molecule has 0 aliphatic rings. The number of benzene rings is 3. The van der Waals surface area contributed by atoms with Crippen LogP contribution < -0.4 is 5.43 Å². The van der Waals surface area contributed by atoms with E-state index in [4.69, 9.17) is 11.6 Å². The molecule has 0 saturated heterocycles. The second kappa shape index (κ2) is 9.11. The number of hydrazone groups is 1. The number of halogens is 1.